The average Bonchev–Trinajstić information content (AvgIpc) is 2.46. The fourth-order valence-electron chi connectivity index (χ4n) is 2.43. The van der Waals surface area contributed by atoms with Crippen LogP contribution >= 0.6 is 0 Å². The van der Waals surface area contributed by atoms with E-state index in [9.17, 15) is 14.7 Å². The van der Waals surface area contributed by atoms with Crippen molar-refractivity contribution in [3.8, 4) is 0 Å². The predicted octanol–water partition coefficient (Wildman–Crippen LogP) is 1.15. The molecule has 19 heavy (non-hydrogen) atoms. The van der Waals surface area contributed by atoms with E-state index in [0.717, 1.165) is 12.8 Å². The molecule has 1 heterocycles. The molecule has 1 aromatic carbocycles. The Balaban J connectivity index is 2.15. The van der Waals surface area contributed by atoms with E-state index in [4.69, 9.17) is 5.73 Å². The summed E-state index contributed by atoms with van der Waals surface area (Å²) in [7, 11) is 0. The van der Waals surface area contributed by atoms with Crippen molar-refractivity contribution in [1.29, 1.82) is 0 Å². The molecular weight excluding hydrogens is 244 g/mol. The number of piperidine rings is 1. The van der Waals surface area contributed by atoms with Gasteiger partial charge in [-0.2, -0.15) is 0 Å². The van der Waals surface area contributed by atoms with Crippen molar-refractivity contribution < 1.29 is 14.7 Å². The zero-order chi connectivity index (χ0) is 13.8. The highest BCUT2D eigenvalue weighted by molar-refractivity contribution is 5.87. The highest BCUT2D eigenvalue weighted by Gasteiger charge is 2.34. The van der Waals surface area contributed by atoms with E-state index in [1.807, 2.05) is 18.2 Å². The van der Waals surface area contributed by atoms with Gasteiger partial charge in [0.15, 0.2) is 0 Å². The van der Waals surface area contributed by atoms with Crippen LogP contribution in [0.1, 0.15) is 30.9 Å². The summed E-state index contributed by atoms with van der Waals surface area (Å²) in [5.74, 6) is -1.26. The number of carboxylic acid groups (broad SMARTS) is 1. The number of benzene rings is 1. The van der Waals surface area contributed by atoms with Crippen molar-refractivity contribution in [2.45, 2.75) is 31.3 Å². The number of rotatable bonds is 3. The SMILES string of the molecule is NC(C(=O)N1CCCC[C@@H]1C(=O)O)c1ccccc1. The van der Waals surface area contributed by atoms with Crippen LogP contribution in [0.4, 0.5) is 0 Å². The normalized spacial score (nSPS) is 20.9. The quantitative estimate of drug-likeness (QED) is 0.856. The van der Waals surface area contributed by atoms with Crippen LogP contribution in [0.5, 0.6) is 0 Å². The third-order valence-corrected chi connectivity index (χ3v) is 3.50. The molecular formula is C14H18N2O3. The zero-order valence-corrected chi connectivity index (χ0v) is 10.7. The lowest BCUT2D eigenvalue weighted by Gasteiger charge is -2.34. The van der Waals surface area contributed by atoms with Crippen molar-refractivity contribution in [2.24, 2.45) is 5.73 Å². The Kier molecular flexibility index (Phi) is 4.16. The fourth-order valence-corrected chi connectivity index (χ4v) is 2.43. The standard InChI is InChI=1S/C14H18N2O3/c15-12(10-6-2-1-3-7-10)13(17)16-9-5-4-8-11(16)14(18)19/h1-3,6-7,11-12H,4-5,8-9,15H2,(H,18,19)/t11-,12?/m1/s1. The van der Waals surface area contributed by atoms with Gasteiger partial charge in [-0.05, 0) is 24.8 Å². The molecule has 0 aromatic heterocycles. The molecule has 0 aliphatic carbocycles. The maximum Gasteiger partial charge on any atom is 0.326 e. The molecule has 0 radical (unpaired) electrons. The molecule has 1 aliphatic rings. The van der Waals surface area contributed by atoms with E-state index in [1.54, 1.807) is 12.1 Å². The number of likely N-dealkylation sites (tertiary alicyclic amines) is 1. The number of nitrogens with two attached hydrogens (primary N) is 1. The summed E-state index contributed by atoms with van der Waals surface area (Å²) in [6.07, 6.45) is 2.17. The number of hydrogen-bond donors (Lipinski definition) is 2. The lowest BCUT2D eigenvalue weighted by atomic mass is 9.99. The second kappa shape index (κ2) is 5.84. The average molecular weight is 262 g/mol. The molecule has 5 heteroatoms. The van der Waals surface area contributed by atoms with Crippen molar-refractivity contribution in [2.75, 3.05) is 6.54 Å². The number of aliphatic carboxylic acids is 1. The first-order valence-electron chi connectivity index (χ1n) is 6.45. The molecule has 1 saturated heterocycles. The zero-order valence-electron chi connectivity index (χ0n) is 10.7. The van der Waals surface area contributed by atoms with Crippen LogP contribution in [-0.2, 0) is 9.59 Å². The second-order valence-electron chi connectivity index (χ2n) is 4.77. The van der Waals surface area contributed by atoms with Gasteiger partial charge in [0.05, 0.1) is 0 Å². The largest absolute Gasteiger partial charge is 0.480 e. The molecule has 5 nitrogen and oxygen atoms in total. The van der Waals surface area contributed by atoms with E-state index in [-0.39, 0.29) is 5.91 Å². The van der Waals surface area contributed by atoms with Gasteiger partial charge < -0.3 is 15.7 Å². The smallest absolute Gasteiger partial charge is 0.326 e. The Morgan fingerprint density at radius 2 is 1.95 bits per heavy atom. The first-order chi connectivity index (χ1) is 9.11. The fraction of sp³-hybridized carbons (Fsp3) is 0.429. The Morgan fingerprint density at radius 1 is 1.26 bits per heavy atom. The molecule has 2 rings (SSSR count). The molecule has 3 N–H and O–H groups in total. The molecule has 1 unspecified atom stereocenters. The van der Waals surface area contributed by atoms with E-state index in [0.29, 0.717) is 18.5 Å². The Bertz CT molecular complexity index is 461. The predicted molar refractivity (Wildman–Crippen MR) is 70.4 cm³/mol. The summed E-state index contributed by atoms with van der Waals surface area (Å²) in [4.78, 5) is 25.0. The van der Waals surface area contributed by atoms with Crippen molar-refractivity contribution in [3.63, 3.8) is 0 Å². The lowest BCUT2D eigenvalue weighted by Crippen LogP contribution is -2.50. The monoisotopic (exact) mass is 262 g/mol. The van der Waals surface area contributed by atoms with Crippen LogP contribution in [0, 0.1) is 0 Å². The third-order valence-electron chi connectivity index (χ3n) is 3.50. The van der Waals surface area contributed by atoms with E-state index in [1.165, 1.54) is 4.90 Å². The van der Waals surface area contributed by atoms with Gasteiger partial charge in [0, 0.05) is 6.54 Å². The maximum absolute atomic E-state index is 12.4. The molecule has 2 atom stereocenters. The molecule has 0 saturated carbocycles. The van der Waals surface area contributed by atoms with Crippen molar-refractivity contribution in [3.05, 3.63) is 35.9 Å². The Hall–Kier alpha value is -1.88. The topological polar surface area (TPSA) is 83.6 Å². The van der Waals surface area contributed by atoms with Gasteiger partial charge in [-0.25, -0.2) is 4.79 Å². The molecule has 1 fully saturated rings. The van der Waals surface area contributed by atoms with Crippen LogP contribution in [0.25, 0.3) is 0 Å². The molecule has 0 spiro atoms. The molecule has 1 amide bonds. The molecule has 1 aromatic rings. The summed E-state index contributed by atoms with van der Waals surface area (Å²) in [6, 6.07) is 7.50. The summed E-state index contributed by atoms with van der Waals surface area (Å²) in [5.41, 5.74) is 6.66. The minimum absolute atomic E-state index is 0.307. The summed E-state index contributed by atoms with van der Waals surface area (Å²) >= 11 is 0. The molecule has 102 valence electrons. The first kappa shape index (κ1) is 13.5. The second-order valence-corrected chi connectivity index (χ2v) is 4.77. The Labute approximate surface area is 112 Å². The molecule has 0 bridgehead atoms. The van der Waals surface area contributed by atoms with E-state index >= 15 is 0 Å². The van der Waals surface area contributed by atoms with Gasteiger partial charge in [-0.1, -0.05) is 30.3 Å². The van der Waals surface area contributed by atoms with Gasteiger partial charge >= 0.3 is 5.97 Å². The lowest BCUT2D eigenvalue weighted by molar-refractivity contribution is -0.152. The van der Waals surface area contributed by atoms with E-state index < -0.39 is 18.1 Å². The Morgan fingerprint density at radius 3 is 2.58 bits per heavy atom. The van der Waals surface area contributed by atoms with Crippen LogP contribution in [0.15, 0.2) is 30.3 Å². The minimum Gasteiger partial charge on any atom is -0.480 e. The number of amides is 1. The van der Waals surface area contributed by atoms with Crippen molar-refractivity contribution in [1.82, 2.24) is 4.90 Å². The number of carbonyl (C=O) groups is 2. The third kappa shape index (κ3) is 2.93. The highest BCUT2D eigenvalue weighted by Crippen LogP contribution is 2.21. The maximum atomic E-state index is 12.4. The van der Waals surface area contributed by atoms with Crippen LogP contribution < -0.4 is 5.73 Å². The number of carboxylic acids is 1. The van der Waals surface area contributed by atoms with Crippen molar-refractivity contribution >= 4 is 11.9 Å². The highest BCUT2D eigenvalue weighted by atomic mass is 16.4. The van der Waals surface area contributed by atoms with Gasteiger partial charge in [0.1, 0.15) is 12.1 Å². The first-order valence-corrected chi connectivity index (χ1v) is 6.45. The number of hydrogen-bond acceptors (Lipinski definition) is 3. The van der Waals surface area contributed by atoms with Crippen LogP contribution in [0.3, 0.4) is 0 Å². The molecule has 1 aliphatic heterocycles. The van der Waals surface area contributed by atoms with Gasteiger partial charge in [-0.3, -0.25) is 4.79 Å². The number of carbonyl (C=O) groups excluding carboxylic acids is 1. The van der Waals surface area contributed by atoms with Crippen LogP contribution in [0.2, 0.25) is 0 Å². The minimum atomic E-state index is -0.951. The summed E-state index contributed by atoms with van der Waals surface area (Å²) < 4.78 is 0. The van der Waals surface area contributed by atoms with Gasteiger partial charge in [0.25, 0.3) is 0 Å². The van der Waals surface area contributed by atoms with Crippen LogP contribution in [-0.4, -0.2) is 34.5 Å². The summed E-state index contributed by atoms with van der Waals surface area (Å²) in [5, 5.41) is 9.18. The van der Waals surface area contributed by atoms with E-state index in [2.05, 4.69) is 0 Å². The van der Waals surface area contributed by atoms with Gasteiger partial charge in [-0.15, -0.1) is 0 Å². The van der Waals surface area contributed by atoms with Gasteiger partial charge in [0.2, 0.25) is 5.91 Å². The summed E-state index contributed by atoms with van der Waals surface area (Å²) in [6.45, 7) is 0.469. The number of nitrogens with zero attached hydrogens (tertiary/aromatic N) is 1.